The van der Waals surface area contributed by atoms with Crippen LogP contribution >= 0.6 is 0 Å². The number of hydrogen-bond acceptors (Lipinski definition) is 2. The van der Waals surface area contributed by atoms with Gasteiger partial charge in [0.05, 0.1) is 24.0 Å². The van der Waals surface area contributed by atoms with Crippen LogP contribution in [0.2, 0.25) is 0 Å². The number of benzene rings is 1. The molecular weight excluding hydrogens is 286 g/mol. The summed E-state index contributed by atoms with van der Waals surface area (Å²) in [4.78, 5) is 14.9. The number of nitrogens with zero attached hydrogens (tertiary/aromatic N) is 3. The molecule has 1 amide bonds. The Bertz CT molecular complexity index is 663. The van der Waals surface area contributed by atoms with Crippen LogP contribution in [0.5, 0.6) is 0 Å². The average Bonchev–Trinajstić information content (AvgIpc) is 2.98. The van der Waals surface area contributed by atoms with Crippen LogP contribution in [0.3, 0.4) is 0 Å². The average molecular weight is 311 g/mol. The zero-order chi connectivity index (χ0) is 16.2. The number of aromatic nitrogens is 2. The van der Waals surface area contributed by atoms with Crippen molar-refractivity contribution >= 4 is 5.91 Å². The number of likely N-dealkylation sites (tertiary alicyclic amines) is 1. The molecule has 1 aromatic carbocycles. The fourth-order valence-corrected chi connectivity index (χ4v) is 3.41. The first kappa shape index (κ1) is 15.8. The predicted molar refractivity (Wildman–Crippen MR) is 91.5 cm³/mol. The molecule has 1 aromatic heterocycles. The molecule has 4 nitrogen and oxygen atoms in total. The van der Waals surface area contributed by atoms with Gasteiger partial charge in [-0.3, -0.25) is 9.48 Å². The van der Waals surface area contributed by atoms with Crippen molar-refractivity contribution in [2.45, 2.75) is 52.1 Å². The third-order valence-corrected chi connectivity index (χ3v) is 4.75. The highest BCUT2D eigenvalue weighted by molar-refractivity contribution is 5.95. The monoisotopic (exact) mass is 311 g/mol. The second-order valence-corrected chi connectivity index (χ2v) is 6.35. The third-order valence-electron chi connectivity index (χ3n) is 4.75. The van der Waals surface area contributed by atoms with Gasteiger partial charge in [0.1, 0.15) is 0 Å². The predicted octanol–water partition coefficient (Wildman–Crippen LogP) is 3.51. The summed E-state index contributed by atoms with van der Waals surface area (Å²) in [6.45, 7) is 5.83. The Hall–Kier alpha value is -2.10. The van der Waals surface area contributed by atoms with E-state index in [4.69, 9.17) is 0 Å². The Morgan fingerprint density at radius 2 is 2.04 bits per heavy atom. The Kier molecular flexibility index (Phi) is 4.79. The number of piperidine rings is 1. The molecular formula is C19H25N3O. The maximum absolute atomic E-state index is 12.9. The van der Waals surface area contributed by atoms with Crippen LogP contribution in [0.25, 0.3) is 0 Å². The molecule has 1 aliphatic heterocycles. The van der Waals surface area contributed by atoms with Gasteiger partial charge in [-0.05, 0) is 38.2 Å². The Balaban J connectivity index is 1.84. The molecule has 0 saturated carbocycles. The van der Waals surface area contributed by atoms with Gasteiger partial charge in [-0.2, -0.15) is 5.10 Å². The van der Waals surface area contributed by atoms with Crippen molar-refractivity contribution in [1.29, 1.82) is 0 Å². The van der Waals surface area contributed by atoms with E-state index in [0.717, 1.165) is 37.1 Å². The summed E-state index contributed by atoms with van der Waals surface area (Å²) in [6, 6.07) is 10.6. The first-order valence-electron chi connectivity index (χ1n) is 8.60. The van der Waals surface area contributed by atoms with E-state index in [1.165, 1.54) is 12.0 Å². The number of hydrogen-bond donors (Lipinski definition) is 0. The van der Waals surface area contributed by atoms with Crippen molar-refractivity contribution < 1.29 is 4.79 Å². The van der Waals surface area contributed by atoms with Gasteiger partial charge in [-0.1, -0.05) is 37.3 Å². The van der Waals surface area contributed by atoms with Gasteiger partial charge in [-0.15, -0.1) is 0 Å². The standard InChI is InChI=1S/C19H25N3O/c1-3-18-17(19(23)21-12-8-7-9-15(21)2)13-20-22(18)14-16-10-5-4-6-11-16/h4-6,10-11,13,15H,3,7-9,12,14H2,1-2H3. The molecule has 122 valence electrons. The fraction of sp³-hybridized carbons (Fsp3) is 0.474. The maximum atomic E-state index is 12.9. The van der Waals surface area contributed by atoms with Gasteiger partial charge >= 0.3 is 0 Å². The summed E-state index contributed by atoms with van der Waals surface area (Å²) in [5, 5.41) is 4.49. The zero-order valence-corrected chi connectivity index (χ0v) is 14.0. The molecule has 0 spiro atoms. The topological polar surface area (TPSA) is 38.1 Å². The molecule has 1 fully saturated rings. The zero-order valence-electron chi connectivity index (χ0n) is 14.0. The van der Waals surface area contributed by atoms with Gasteiger partial charge < -0.3 is 4.90 Å². The maximum Gasteiger partial charge on any atom is 0.257 e. The second kappa shape index (κ2) is 6.99. The van der Waals surface area contributed by atoms with Crippen LogP contribution < -0.4 is 0 Å². The highest BCUT2D eigenvalue weighted by Gasteiger charge is 2.27. The van der Waals surface area contributed by atoms with E-state index < -0.39 is 0 Å². The molecule has 1 saturated heterocycles. The summed E-state index contributed by atoms with van der Waals surface area (Å²) in [7, 11) is 0. The van der Waals surface area contributed by atoms with Gasteiger partial charge in [0.25, 0.3) is 5.91 Å². The molecule has 0 N–H and O–H groups in total. The molecule has 3 rings (SSSR count). The van der Waals surface area contributed by atoms with Gasteiger partial charge in [-0.25, -0.2) is 0 Å². The van der Waals surface area contributed by atoms with E-state index >= 15 is 0 Å². The fourth-order valence-electron chi connectivity index (χ4n) is 3.41. The lowest BCUT2D eigenvalue weighted by atomic mass is 10.0. The van der Waals surface area contributed by atoms with Gasteiger partial charge in [0, 0.05) is 12.6 Å². The summed E-state index contributed by atoms with van der Waals surface area (Å²) in [6.07, 6.45) is 6.00. The van der Waals surface area contributed by atoms with Crippen LogP contribution in [0.4, 0.5) is 0 Å². The summed E-state index contributed by atoms with van der Waals surface area (Å²) >= 11 is 0. The Morgan fingerprint density at radius 1 is 1.26 bits per heavy atom. The van der Waals surface area contributed by atoms with E-state index in [2.05, 4.69) is 31.1 Å². The Morgan fingerprint density at radius 3 is 2.74 bits per heavy atom. The van der Waals surface area contributed by atoms with Crippen LogP contribution in [-0.2, 0) is 13.0 Å². The van der Waals surface area contributed by atoms with Crippen LogP contribution in [0.1, 0.15) is 54.7 Å². The smallest absolute Gasteiger partial charge is 0.257 e. The SMILES string of the molecule is CCc1c(C(=O)N2CCCCC2C)cnn1Cc1ccccc1. The van der Waals surface area contributed by atoms with E-state index in [1.54, 1.807) is 6.20 Å². The first-order valence-corrected chi connectivity index (χ1v) is 8.60. The summed E-state index contributed by atoms with van der Waals surface area (Å²) < 4.78 is 1.97. The van der Waals surface area contributed by atoms with Gasteiger partial charge in [0.2, 0.25) is 0 Å². The lowest BCUT2D eigenvalue weighted by Crippen LogP contribution is -2.42. The van der Waals surface area contributed by atoms with Gasteiger partial charge in [0.15, 0.2) is 0 Å². The molecule has 1 atom stereocenters. The van der Waals surface area contributed by atoms with Crippen molar-refractivity contribution in [3.63, 3.8) is 0 Å². The van der Waals surface area contributed by atoms with Crippen LogP contribution in [0, 0.1) is 0 Å². The number of amides is 1. The third kappa shape index (κ3) is 3.31. The van der Waals surface area contributed by atoms with Crippen LogP contribution in [0.15, 0.2) is 36.5 Å². The largest absolute Gasteiger partial charge is 0.336 e. The van der Waals surface area contributed by atoms with Crippen molar-refractivity contribution in [3.8, 4) is 0 Å². The van der Waals surface area contributed by atoms with E-state index in [9.17, 15) is 4.79 Å². The van der Waals surface area contributed by atoms with E-state index in [0.29, 0.717) is 12.6 Å². The molecule has 0 radical (unpaired) electrons. The van der Waals surface area contributed by atoms with Crippen LogP contribution in [-0.4, -0.2) is 33.2 Å². The van der Waals surface area contributed by atoms with Crippen molar-refractivity contribution in [3.05, 3.63) is 53.3 Å². The lowest BCUT2D eigenvalue weighted by Gasteiger charge is -2.33. The number of carbonyl (C=O) groups excluding carboxylic acids is 1. The molecule has 1 aliphatic rings. The minimum atomic E-state index is 0.147. The first-order chi connectivity index (χ1) is 11.2. The Labute approximate surface area is 138 Å². The molecule has 0 aliphatic carbocycles. The molecule has 0 bridgehead atoms. The quantitative estimate of drug-likeness (QED) is 0.866. The minimum Gasteiger partial charge on any atom is -0.336 e. The normalized spacial score (nSPS) is 18.2. The highest BCUT2D eigenvalue weighted by atomic mass is 16.2. The minimum absolute atomic E-state index is 0.147. The number of rotatable bonds is 4. The highest BCUT2D eigenvalue weighted by Crippen LogP contribution is 2.21. The van der Waals surface area contributed by atoms with E-state index in [1.807, 2.05) is 27.8 Å². The molecule has 2 aromatic rings. The van der Waals surface area contributed by atoms with Crippen molar-refractivity contribution in [2.75, 3.05) is 6.54 Å². The molecule has 4 heteroatoms. The molecule has 2 heterocycles. The second-order valence-electron chi connectivity index (χ2n) is 6.35. The van der Waals surface area contributed by atoms with Crippen molar-refractivity contribution in [2.24, 2.45) is 0 Å². The van der Waals surface area contributed by atoms with Crippen molar-refractivity contribution in [1.82, 2.24) is 14.7 Å². The summed E-state index contributed by atoms with van der Waals surface area (Å²) in [5.74, 6) is 0.147. The summed E-state index contributed by atoms with van der Waals surface area (Å²) in [5.41, 5.74) is 3.02. The molecule has 1 unspecified atom stereocenters. The lowest BCUT2D eigenvalue weighted by molar-refractivity contribution is 0.0634. The molecule has 23 heavy (non-hydrogen) atoms. The van der Waals surface area contributed by atoms with E-state index in [-0.39, 0.29) is 5.91 Å². The number of carbonyl (C=O) groups is 1.